The maximum atomic E-state index is 13.9. The maximum Gasteiger partial charge on any atom is 0.269 e. The Morgan fingerprint density at radius 3 is 2.51 bits per heavy atom. The fourth-order valence-electron chi connectivity index (χ4n) is 6.92. The van der Waals surface area contributed by atoms with Gasteiger partial charge in [-0.3, -0.25) is 19.9 Å². The molecule has 0 aromatic heterocycles. The van der Waals surface area contributed by atoms with Crippen LogP contribution in [0.15, 0.2) is 102 Å². The highest BCUT2D eigenvalue weighted by Crippen LogP contribution is 2.47. The second kappa shape index (κ2) is 13.0. The van der Waals surface area contributed by atoms with Gasteiger partial charge in [0.15, 0.2) is 5.78 Å². The molecule has 0 amide bonds. The zero-order chi connectivity index (χ0) is 31.5. The zero-order valence-corrected chi connectivity index (χ0v) is 25.9. The first-order valence-corrected chi connectivity index (χ1v) is 15.6. The molecule has 0 bridgehead atoms. The van der Waals surface area contributed by atoms with E-state index in [1.807, 2.05) is 42.6 Å². The van der Waals surface area contributed by atoms with Crippen molar-refractivity contribution in [3.8, 4) is 11.1 Å². The third-order valence-corrected chi connectivity index (χ3v) is 9.43. The van der Waals surface area contributed by atoms with E-state index in [-0.39, 0.29) is 17.4 Å². The second-order valence-electron chi connectivity index (χ2n) is 12.2. The van der Waals surface area contributed by atoms with E-state index >= 15 is 0 Å². The molecule has 228 valence electrons. The second-order valence-corrected chi connectivity index (χ2v) is 12.2. The van der Waals surface area contributed by atoms with Crippen LogP contribution in [0.1, 0.15) is 64.2 Å². The van der Waals surface area contributed by atoms with E-state index in [2.05, 4.69) is 66.6 Å². The molecule has 0 saturated carbocycles. The summed E-state index contributed by atoms with van der Waals surface area (Å²) in [4.78, 5) is 31.1. The number of anilines is 1. The predicted molar refractivity (Wildman–Crippen MR) is 182 cm³/mol. The summed E-state index contributed by atoms with van der Waals surface area (Å²) in [5.41, 5.74) is 10.0. The molecule has 3 unspecified atom stereocenters. The highest BCUT2D eigenvalue weighted by atomic mass is 16.6. The number of nitrogens with one attached hydrogen (secondary N) is 1. The number of nitrogens with zero attached hydrogens (tertiary/aromatic N) is 3. The van der Waals surface area contributed by atoms with E-state index in [1.165, 1.54) is 45.5 Å². The van der Waals surface area contributed by atoms with Crippen molar-refractivity contribution in [1.82, 2.24) is 4.90 Å². The smallest absolute Gasteiger partial charge is 0.269 e. The molecule has 1 N–H and O–H groups in total. The SMILES string of the molecule is C1=CNc2ccccc2N=C1.CC(C1CCCc2c1ccc1c2C(C(=O)c2ccc([N+](=O)[O-])cc2)Cc2ccccc2-1)N(C)C. The predicted octanol–water partition coefficient (Wildman–Crippen LogP) is 8.48. The van der Waals surface area contributed by atoms with Crippen LogP contribution in [-0.2, 0) is 12.8 Å². The average Bonchev–Trinajstić information content (AvgIpc) is 3.33. The van der Waals surface area contributed by atoms with E-state index in [9.17, 15) is 14.9 Å². The normalized spacial score (nSPS) is 18.1. The van der Waals surface area contributed by atoms with Gasteiger partial charge in [0.25, 0.3) is 5.69 Å². The van der Waals surface area contributed by atoms with E-state index in [0.717, 1.165) is 30.6 Å². The van der Waals surface area contributed by atoms with E-state index in [1.54, 1.807) is 18.3 Å². The highest BCUT2D eigenvalue weighted by Gasteiger charge is 2.36. The Morgan fingerprint density at radius 2 is 1.73 bits per heavy atom. The fourth-order valence-corrected chi connectivity index (χ4v) is 6.92. The van der Waals surface area contributed by atoms with Gasteiger partial charge in [-0.2, -0.15) is 0 Å². The van der Waals surface area contributed by atoms with Crippen molar-refractivity contribution >= 4 is 29.1 Å². The molecule has 0 fully saturated rings. The molecule has 0 radical (unpaired) electrons. The summed E-state index contributed by atoms with van der Waals surface area (Å²) in [5.74, 6) is 0.202. The van der Waals surface area contributed by atoms with Gasteiger partial charge in [-0.25, -0.2) is 0 Å². The molecule has 7 rings (SSSR count). The van der Waals surface area contributed by atoms with Gasteiger partial charge < -0.3 is 10.2 Å². The number of hydrogen-bond acceptors (Lipinski definition) is 6. The van der Waals surface area contributed by atoms with Gasteiger partial charge in [-0.1, -0.05) is 48.5 Å². The van der Waals surface area contributed by atoms with Crippen molar-refractivity contribution in [1.29, 1.82) is 0 Å². The number of rotatable bonds is 5. The number of carbonyl (C=O) groups excluding carboxylic acids is 1. The molecule has 4 aromatic rings. The number of carbonyl (C=O) groups is 1. The Hall–Kier alpha value is -4.88. The molecule has 7 nitrogen and oxygen atoms in total. The number of fused-ring (bicyclic) bond motifs is 6. The molecule has 3 aliphatic rings. The number of para-hydroxylation sites is 2. The van der Waals surface area contributed by atoms with Gasteiger partial charge >= 0.3 is 0 Å². The first-order chi connectivity index (χ1) is 21.8. The van der Waals surface area contributed by atoms with Crippen LogP contribution in [0.25, 0.3) is 11.1 Å². The number of ketones is 1. The third kappa shape index (κ3) is 6.08. The number of allylic oxidation sites excluding steroid dienone is 1. The van der Waals surface area contributed by atoms with E-state index in [4.69, 9.17) is 0 Å². The molecule has 0 saturated heterocycles. The van der Waals surface area contributed by atoms with Gasteiger partial charge in [-0.05, 0) is 116 Å². The first-order valence-electron chi connectivity index (χ1n) is 15.6. The summed E-state index contributed by atoms with van der Waals surface area (Å²) < 4.78 is 0. The van der Waals surface area contributed by atoms with Crippen molar-refractivity contribution in [3.05, 3.63) is 135 Å². The van der Waals surface area contributed by atoms with Crippen LogP contribution in [0.4, 0.5) is 17.1 Å². The van der Waals surface area contributed by atoms with Gasteiger partial charge in [0.1, 0.15) is 0 Å². The molecule has 3 atom stereocenters. The summed E-state index contributed by atoms with van der Waals surface area (Å²) in [5, 5.41) is 14.2. The van der Waals surface area contributed by atoms with Crippen LogP contribution in [-0.4, -0.2) is 42.0 Å². The number of nitro benzene ring substituents is 1. The lowest BCUT2D eigenvalue weighted by molar-refractivity contribution is -0.384. The van der Waals surface area contributed by atoms with Crippen molar-refractivity contribution in [3.63, 3.8) is 0 Å². The van der Waals surface area contributed by atoms with Gasteiger partial charge in [0.2, 0.25) is 0 Å². The number of benzene rings is 4. The van der Waals surface area contributed by atoms with Crippen LogP contribution < -0.4 is 5.32 Å². The highest BCUT2D eigenvalue weighted by molar-refractivity contribution is 6.03. The van der Waals surface area contributed by atoms with E-state index in [0.29, 0.717) is 23.9 Å². The molecule has 45 heavy (non-hydrogen) atoms. The number of likely N-dealkylation sites (N-methyl/N-ethyl adjacent to an activating group) is 1. The molecular formula is C38H38N4O3. The van der Waals surface area contributed by atoms with Crippen LogP contribution in [0, 0.1) is 10.1 Å². The van der Waals surface area contributed by atoms with Crippen LogP contribution in [0.3, 0.4) is 0 Å². The fraction of sp³-hybridized carbons (Fsp3) is 0.263. The van der Waals surface area contributed by atoms with Gasteiger partial charge in [0, 0.05) is 36.2 Å². The van der Waals surface area contributed by atoms with Crippen molar-refractivity contribution in [2.24, 2.45) is 4.99 Å². The first kappa shape index (κ1) is 30.2. The minimum Gasteiger partial charge on any atom is -0.360 e. The molecule has 1 heterocycles. The molecular weight excluding hydrogens is 560 g/mol. The zero-order valence-electron chi connectivity index (χ0n) is 25.9. The minimum atomic E-state index is -0.428. The third-order valence-electron chi connectivity index (χ3n) is 9.43. The molecule has 1 aliphatic heterocycles. The van der Waals surface area contributed by atoms with Gasteiger partial charge in [0.05, 0.1) is 22.2 Å². The topological polar surface area (TPSA) is 87.8 Å². The molecule has 2 aliphatic carbocycles. The average molecular weight is 599 g/mol. The Morgan fingerprint density at radius 1 is 0.978 bits per heavy atom. The summed E-state index contributed by atoms with van der Waals surface area (Å²) in [7, 11) is 4.27. The number of nitro groups is 1. The number of Topliss-reactive ketones (excluding diaryl/α,β-unsaturated/α-hetero) is 1. The quantitative estimate of drug-likeness (QED) is 0.141. The van der Waals surface area contributed by atoms with Crippen molar-refractivity contribution in [2.75, 3.05) is 19.4 Å². The number of hydrogen-bond donors (Lipinski definition) is 1. The molecule has 7 heteroatoms. The Balaban J connectivity index is 0.000000272. The largest absolute Gasteiger partial charge is 0.360 e. The minimum absolute atomic E-state index is 0.00355. The van der Waals surface area contributed by atoms with Crippen LogP contribution in [0.2, 0.25) is 0 Å². The van der Waals surface area contributed by atoms with Gasteiger partial charge in [-0.15, -0.1) is 0 Å². The lowest BCUT2D eigenvalue weighted by atomic mass is 9.68. The number of non-ortho nitro benzene ring substituents is 1. The Bertz CT molecular complexity index is 1790. The maximum absolute atomic E-state index is 13.9. The Kier molecular flexibility index (Phi) is 8.71. The monoisotopic (exact) mass is 598 g/mol. The van der Waals surface area contributed by atoms with Crippen molar-refractivity contribution in [2.45, 2.75) is 50.5 Å². The molecule has 4 aromatic carbocycles. The summed E-state index contributed by atoms with van der Waals surface area (Å²) >= 11 is 0. The van der Waals surface area contributed by atoms with Crippen LogP contribution >= 0.6 is 0 Å². The lowest BCUT2D eigenvalue weighted by Gasteiger charge is -2.38. The summed E-state index contributed by atoms with van der Waals surface area (Å²) in [6, 6.07) is 27.3. The lowest BCUT2D eigenvalue weighted by Crippen LogP contribution is -2.34. The molecule has 0 spiro atoms. The summed E-state index contributed by atoms with van der Waals surface area (Å²) in [6.07, 6.45) is 9.44. The summed E-state index contributed by atoms with van der Waals surface area (Å²) in [6.45, 7) is 2.29. The Labute approximate surface area is 264 Å². The van der Waals surface area contributed by atoms with Crippen LogP contribution in [0.5, 0.6) is 0 Å². The van der Waals surface area contributed by atoms with E-state index < -0.39 is 4.92 Å². The number of aliphatic imine (C=N–C) groups is 1. The standard InChI is InChI=1S/C29H30N2O3.C9H8N2/c1-18(30(2)3)22-9-6-10-25-24(22)15-16-26-23-8-5-4-7-20(23)17-27(28(25)26)29(32)19-11-13-21(14-12-19)31(33)34;1-2-5-9-8(4-1)10-6-3-7-11-9/h4-5,7-8,11-16,18,22,27H,6,9-10,17H2,1-3H3;1-7,10H. The van der Waals surface area contributed by atoms with Crippen molar-refractivity contribution < 1.29 is 9.72 Å².